The van der Waals surface area contributed by atoms with Gasteiger partial charge in [0, 0.05) is 25.1 Å². The SMILES string of the molecule is COC1CC(CC(=O)O)N(C(=O)c2csc(-c3ccc(Cl)s3)n2)C1. The average molecular weight is 387 g/mol. The zero-order chi connectivity index (χ0) is 17.3. The van der Waals surface area contributed by atoms with Crippen LogP contribution in [0.5, 0.6) is 0 Å². The number of carbonyl (C=O) groups excluding carboxylic acids is 1. The second kappa shape index (κ2) is 7.18. The molecule has 1 saturated heterocycles. The first-order valence-corrected chi connectivity index (χ1v) is 9.32. The fraction of sp³-hybridized carbons (Fsp3) is 0.400. The van der Waals surface area contributed by atoms with Crippen LogP contribution in [0.4, 0.5) is 0 Å². The first kappa shape index (κ1) is 17.3. The van der Waals surface area contributed by atoms with E-state index in [4.69, 9.17) is 21.4 Å². The molecule has 24 heavy (non-hydrogen) atoms. The van der Waals surface area contributed by atoms with Gasteiger partial charge in [-0.05, 0) is 18.6 Å². The third-order valence-corrected chi connectivity index (χ3v) is 6.13. The number of ether oxygens (including phenoxy) is 1. The number of thiophene rings is 1. The van der Waals surface area contributed by atoms with Crippen molar-refractivity contribution in [3.05, 3.63) is 27.5 Å². The Bertz CT molecular complexity index is 760. The smallest absolute Gasteiger partial charge is 0.305 e. The van der Waals surface area contributed by atoms with Crippen LogP contribution in [-0.2, 0) is 9.53 Å². The lowest BCUT2D eigenvalue weighted by atomic mass is 10.1. The predicted octanol–water partition coefficient (Wildman–Crippen LogP) is 3.23. The molecular weight excluding hydrogens is 372 g/mol. The highest BCUT2D eigenvalue weighted by Gasteiger charge is 2.37. The number of carbonyl (C=O) groups is 2. The number of amides is 1. The summed E-state index contributed by atoms with van der Waals surface area (Å²) in [5.74, 6) is -1.19. The van der Waals surface area contributed by atoms with Gasteiger partial charge >= 0.3 is 5.97 Å². The standard InChI is InChI=1S/C15H15ClN2O4S2/c1-22-9-4-8(5-13(19)20)18(6-9)15(21)10-7-23-14(17-10)11-2-3-12(16)24-11/h2-3,7-9H,4-6H2,1H3,(H,19,20). The van der Waals surface area contributed by atoms with Crippen LogP contribution in [0.15, 0.2) is 17.5 Å². The third kappa shape index (κ3) is 3.61. The molecule has 9 heteroatoms. The molecule has 2 atom stereocenters. The summed E-state index contributed by atoms with van der Waals surface area (Å²) in [7, 11) is 1.57. The summed E-state index contributed by atoms with van der Waals surface area (Å²) in [6.45, 7) is 0.380. The molecule has 3 rings (SSSR count). The summed E-state index contributed by atoms with van der Waals surface area (Å²) in [6.07, 6.45) is 0.280. The van der Waals surface area contributed by atoms with Gasteiger partial charge in [0.05, 0.1) is 21.7 Å². The minimum Gasteiger partial charge on any atom is -0.481 e. The second-order valence-electron chi connectivity index (χ2n) is 5.44. The lowest BCUT2D eigenvalue weighted by molar-refractivity contribution is -0.138. The maximum absolute atomic E-state index is 12.7. The molecule has 0 aromatic carbocycles. The van der Waals surface area contributed by atoms with Gasteiger partial charge in [0.25, 0.3) is 5.91 Å². The molecule has 2 unspecified atom stereocenters. The summed E-state index contributed by atoms with van der Waals surface area (Å²) in [6, 6.07) is 3.28. The molecule has 1 aliphatic rings. The van der Waals surface area contributed by atoms with E-state index in [1.54, 1.807) is 23.5 Å². The van der Waals surface area contributed by atoms with E-state index in [0.717, 1.165) is 9.88 Å². The second-order valence-corrected chi connectivity index (χ2v) is 8.02. The number of thiazole rings is 1. The maximum Gasteiger partial charge on any atom is 0.305 e. The van der Waals surface area contributed by atoms with Crippen molar-refractivity contribution in [2.45, 2.75) is 25.0 Å². The van der Waals surface area contributed by atoms with E-state index in [1.165, 1.54) is 22.7 Å². The Labute approximate surface area is 151 Å². The highest BCUT2D eigenvalue weighted by atomic mass is 35.5. The number of likely N-dealkylation sites (tertiary alicyclic amines) is 1. The van der Waals surface area contributed by atoms with E-state index in [2.05, 4.69) is 4.98 Å². The molecule has 128 valence electrons. The van der Waals surface area contributed by atoms with Crippen LogP contribution in [0.1, 0.15) is 23.3 Å². The summed E-state index contributed by atoms with van der Waals surface area (Å²) in [5.41, 5.74) is 0.326. The number of aliphatic carboxylic acids is 1. The highest BCUT2D eigenvalue weighted by molar-refractivity contribution is 7.23. The number of carboxylic acid groups (broad SMARTS) is 1. The van der Waals surface area contributed by atoms with Crippen LogP contribution in [0.3, 0.4) is 0 Å². The molecule has 1 amide bonds. The topological polar surface area (TPSA) is 79.7 Å². The summed E-state index contributed by atoms with van der Waals surface area (Å²) in [5, 5.41) is 11.5. The molecule has 0 radical (unpaired) electrons. The van der Waals surface area contributed by atoms with E-state index in [9.17, 15) is 9.59 Å². The zero-order valence-corrected chi connectivity index (χ0v) is 15.2. The van der Waals surface area contributed by atoms with Gasteiger partial charge in [0.15, 0.2) is 0 Å². The average Bonchev–Trinajstić information content (AvgIpc) is 3.24. The van der Waals surface area contributed by atoms with Crippen molar-refractivity contribution >= 4 is 46.2 Å². The van der Waals surface area contributed by atoms with Gasteiger partial charge in [-0.25, -0.2) is 4.98 Å². The fourth-order valence-electron chi connectivity index (χ4n) is 2.75. The fourth-order valence-corrected chi connectivity index (χ4v) is 4.66. The Kier molecular flexibility index (Phi) is 5.19. The molecule has 6 nitrogen and oxygen atoms in total. The highest BCUT2D eigenvalue weighted by Crippen LogP contribution is 2.33. The van der Waals surface area contributed by atoms with Crippen LogP contribution in [0.25, 0.3) is 9.88 Å². The van der Waals surface area contributed by atoms with Crippen LogP contribution in [0, 0.1) is 0 Å². The normalized spacial score (nSPS) is 20.5. The van der Waals surface area contributed by atoms with Gasteiger partial charge in [0.2, 0.25) is 0 Å². The maximum atomic E-state index is 12.7. The Morgan fingerprint density at radius 2 is 2.29 bits per heavy atom. The van der Waals surface area contributed by atoms with Crippen molar-refractivity contribution in [2.24, 2.45) is 0 Å². The first-order chi connectivity index (χ1) is 11.5. The van der Waals surface area contributed by atoms with Gasteiger partial charge in [-0.15, -0.1) is 22.7 Å². The summed E-state index contributed by atoms with van der Waals surface area (Å²) in [4.78, 5) is 30.6. The number of hydrogen-bond acceptors (Lipinski definition) is 6. The molecule has 1 N–H and O–H groups in total. The van der Waals surface area contributed by atoms with Crippen molar-refractivity contribution in [1.29, 1.82) is 0 Å². The van der Waals surface area contributed by atoms with E-state index in [0.29, 0.717) is 23.0 Å². The monoisotopic (exact) mass is 386 g/mol. The van der Waals surface area contributed by atoms with Gasteiger partial charge in [0.1, 0.15) is 10.7 Å². The number of halogens is 1. The number of nitrogens with zero attached hydrogens (tertiary/aromatic N) is 2. The molecule has 2 aromatic heterocycles. The molecule has 2 aromatic rings. The van der Waals surface area contributed by atoms with Crippen molar-refractivity contribution in [1.82, 2.24) is 9.88 Å². The third-order valence-electron chi connectivity index (χ3n) is 3.89. The van der Waals surface area contributed by atoms with Crippen molar-refractivity contribution < 1.29 is 19.4 Å². The van der Waals surface area contributed by atoms with Gasteiger partial charge < -0.3 is 14.7 Å². The zero-order valence-electron chi connectivity index (χ0n) is 12.8. The molecule has 0 spiro atoms. The summed E-state index contributed by atoms with van der Waals surface area (Å²) < 4.78 is 5.96. The van der Waals surface area contributed by atoms with Crippen molar-refractivity contribution in [3.8, 4) is 9.88 Å². The quantitative estimate of drug-likeness (QED) is 0.853. The molecule has 1 aliphatic heterocycles. The lowest BCUT2D eigenvalue weighted by Crippen LogP contribution is -2.37. The Morgan fingerprint density at radius 1 is 1.50 bits per heavy atom. The first-order valence-electron chi connectivity index (χ1n) is 7.24. The predicted molar refractivity (Wildman–Crippen MR) is 92.9 cm³/mol. The van der Waals surface area contributed by atoms with Crippen molar-refractivity contribution in [2.75, 3.05) is 13.7 Å². The Morgan fingerprint density at radius 3 is 2.92 bits per heavy atom. The number of rotatable bonds is 5. The minimum absolute atomic E-state index is 0.0941. The van der Waals surface area contributed by atoms with E-state index in [1.807, 2.05) is 6.07 Å². The molecule has 0 bridgehead atoms. The Hall–Kier alpha value is -1.48. The Balaban J connectivity index is 1.79. The van der Waals surface area contributed by atoms with Crippen LogP contribution < -0.4 is 0 Å². The minimum atomic E-state index is -0.929. The van der Waals surface area contributed by atoms with Crippen molar-refractivity contribution in [3.63, 3.8) is 0 Å². The number of aromatic nitrogens is 1. The van der Waals surface area contributed by atoms with Gasteiger partial charge in [-0.2, -0.15) is 0 Å². The number of methoxy groups -OCH3 is 1. The van der Waals surface area contributed by atoms with E-state index >= 15 is 0 Å². The lowest BCUT2D eigenvalue weighted by Gasteiger charge is -2.22. The van der Waals surface area contributed by atoms with E-state index in [-0.39, 0.29) is 24.5 Å². The molecule has 1 fully saturated rings. The number of hydrogen-bond donors (Lipinski definition) is 1. The molecule has 0 aliphatic carbocycles. The van der Waals surface area contributed by atoms with Crippen LogP contribution >= 0.6 is 34.3 Å². The van der Waals surface area contributed by atoms with Crippen LogP contribution in [-0.4, -0.2) is 52.7 Å². The van der Waals surface area contributed by atoms with Gasteiger partial charge in [-0.1, -0.05) is 11.6 Å². The summed E-state index contributed by atoms with van der Waals surface area (Å²) >= 11 is 8.71. The molecule has 0 saturated carbocycles. The molecule has 3 heterocycles. The van der Waals surface area contributed by atoms with E-state index < -0.39 is 5.97 Å². The largest absolute Gasteiger partial charge is 0.481 e. The number of carboxylic acids is 1. The van der Waals surface area contributed by atoms with Gasteiger partial charge in [-0.3, -0.25) is 9.59 Å². The molecular formula is C15H15ClN2O4S2. The van der Waals surface area contributed by atoms with Crippen LogP contribution in [0.2, 0.25) is 4.34 Å².